The fourth-order valence-corrected chi connectivity index (χ4v) is 0.830. The number of aliphatic hydroxyl groups excluding tert-OH is 1. The number of amides is 1. The molecule has 0 rings (SSSR count). The maximum atomic E-state index is 10.8. The smallest absolute Gasteiger partial charge is 0.407 e. The predicted molar refractivity (Wildman–Crippen MR) is 52.4 cm³/mol. The summed E-state index contributed by atoms with van der Waals surface area (Å²) in [6.07, 6.45) is -0.294. The standard InChI is InChI=1S/C9H15NO5/c1-2-5-15-9(14)10-4-3-7(11)6-8(12)13/h2,7,11H,1,3-6H2,(H,10,14)(H,12,13). The minimum atomic E-state index is -1.07. The summed E-state index contributed by atoms with van der Waals surface area (Å²) >= 11 is 0. The van der Waals surface area contributed by atoms with Crippen LogP contribution in [0.3, 0.4) is 0 Å². The van der Waals surface area contributed by atoms with E-state index in [0.717, 1.165) is 0 Å². The molecule has 0 heterocycles. The van der Waals surface area contributed by atoms with E-state index in [0.29, 0.717) is 0 Å². The van der Waals surface area contributed by atoms with Crippen LogP contribution < -0.4 is 5.32 Å². The monoisotopic (exact) mass is 217 g/mol. The van der Waals surface area contributed by atoms with E-state index in [1.54, 1.807) is 0 Å². The van der Waals surface area contributed by atoms with Crippen LogP contribution in [-0.2, 0) is 9.53 Å². The second-order valence-electron chi connectivity index (χ2n) is 2.85. The minimum absolute atomic E-state index is 0.115. The highest BCUT2D eigenvalue weighted by Gasteiger charge is 2.09. The Morgan fingerprint density at radius 1 is 1.53 bits per heavy atom. The zero-order chi connectivity index (χ0) is 11.7. The third-order valence-electron chi connectivity index (χ3n) is 1.49. The van der Waals surface area contributed by atoms with Crippen molar-refractivity contribution < 1.29 is 24.5 Å². The van der Waals surface area contributed by atoms with E-state index < -0.39 is 18.2 Å². The number of rotatable bonds is 7. The van der Waals surface area contributed by atoms with Gasteiger partial charge in [0.1, 0.15) is 6.61 Å². The number of carboxylic acids is 1. The van der Waals surface area contributed by atoms with E-state index in [4.69, 9.17) is 10.2 Å². The lowest BCUT2D eigenvalue weighted by Gasteiger charge is -2.08. The maximum Gasteiger partial charge on any atom is 0.407 e. The fraction of sp³-hybridized carbons (Fsp3) is 0.556. The predicted octanol–water partition coefficient (Wildman–Crippen LogP) is 0.124. The van der Waals surface area contributed by atoms with Gasteiger partial charge in [0.15, 0.2) is 0 Å². The quantitative estimate of drug-likeness (QED) is 0.526. The Labute approximate surface area is 87.5 Å². The molecule has 1 amide bonds. The highest BCUT2D eigenvalue weighted by molar-refractivity contribution is 5.67. The van der Waals surface area contributed by atoms with Crippen LogP contribution in [0.4, 0.5) is 4.79 Å². The molecule has 1 atom stereocenters. The number of aliphatic hydroxyl groups is 1. The van der Waals surface area contributed by atoms with Gasteiger partial charge in [-0.25, -0.2) is 4.79 Å². The Hall–Kier alpha value is -1.56. The summed E-state index contributed by atoms with van der Waals surface area (Å²) in [5, 5.41) is 19.8. The van der Waals surface area contributed by atoms with Gasteiger partial charge >= 0.3 is 12.1 Å². The van der Waals surface area contributed by atoms with Gasteiger partial charge in [-0.1, -0.05) is 12.7 Å². The van der Waals surface area contributed by atoms with Crippen LogP contribution in [0.5, 0.6) is 0 Å². The van der Waals surface area contributed by atoms with E-state index in [9.17, 15) is 9.59 Å². The van der Waals surface area contributed by atoms with Crippen molar-refractivity contribution >= 4 is 12.1 Å². The number of carboxylic acid groups (broad SMARTS) is 1. The van der Waals surface area contributed by atoms with Crippen molar-refractivity contribution in [3.63, 3.8) is 0 Å². The summed E-state index contributed by atoms with van der Waals surface area (Å²) in [7, 11) is 0. The van der Waals surface area contributed by atoms with E-state index in [1.807, 2.05) is 0 Å². The van der Waals surface area contributed by atoms with Gasteiger partial charge in [-0.05, 0) is 6.42 Å². The van der Waals surface area contributed by atoms with Crippen molar-refractivity contribution in [2.45, 2.75) is 18.9 Å². The third kappa shape index (κ3) is 8.76. The first-order valence-corrected chi connectivity index (χ1v) is 4.47. The Morgan fingerprint density at radius 2 is 2.20 bits per heavy atom. The molecule has 1 unspecified atom stereocenters. The first kappa shape index (κ1) is 13.4. The van der Waals surface area contributed by atoms with Crippen molar-refractivity contribution in [2.75, 3.05) is 13.2 Å². The summed E-state index contributed by atoms with van der Waals surface area (Å²) in [6, 6.07) is 0. The van der Waals surface area contributed by atoms with Gasteiger partial charge in [0.05, 0.1) is 12.5 Å². The van der Waals surface area contributed by atoms with Gasteiger partial charge in [-0.15, -0.1) is 0 Å². The number of nitrogens with one attached hydrogen (secondary N) is 1. The number of aliphatic carboxylic acids is 1. The van der Waals surface area contributed by atoms with Crippen LogP contribution >= 0.6 is 0 Å². The topological polar surface area (TPSA) is 95.9 Å². The summed E-state index contributed by atoms with van der Waals surface area (Å²) in [5.74, 6) is -1.07. The lowest BCUT2D eigenvalue weighted by atomic mass is 10.2. The van der Waals surface area contributed by atoms with Crippen LogP contribution in [0.1, 0.15) is 12.8 Å². The molecule has 0 radical (unpaired) electrons. The average Bonchev–Trinajstić information content (AvgIpc) is 2.13. The van der Waals surface area contributed by atoms with Gasteiger partial charge < -0.3 is 20.3 Å². The van der Waals surface area contributed by atoms with Gasteiger partial charge in [-0.2, -0.15) is 0 Å². The Kier molecular flexibility index (Phi) is 7.00. The molecule has 0 aliphatic rings. The Bertz CT molecular complexity index is 229. The largest absolute Gasteiger partial charge is 0.481 e. The van der Waals surface area contributed by atoms with Crippen LogP contribution in [0.15, 0.2) is 12.7 Å². The van der Waals surface area contributed by atoms with Crippen molar-refractivity contribution in [3.8, 4) is 0 Å². The van der Waals surface area contributed by atoms with Gasteiger partial charge in [0.2, 0.25) is 0 Å². The SMILES string of the molecule is C=CCOC(=O)NCCC(O)CC(=O)O. The minimum Gasteiger partial charge on any atom is -0.481 e. The second-order valence-corrected chi connectivity index (χ2v) is 2.85. The molecule has 0 saturated carbocycles. The third-order valence-corrected chi connectivity index (χ3v) is 1.49. The summed E-state index contributed by atoms with van der Waals surface area (Å²) in [4.78, 5) is 21.0. The molecule has 15 heavy (non-hydrogen) atoms. The average molecular weight is 217 g/mol. The fourth-order valence-electron chi connectivity index (χ4n) is 0.830. The molecule has 6 heteroatoms. The molecular formula is C9H15NO5. The summed E-state index contributed by atoms with van der Waals surface area (Å²) < 4.78 is 4.59. The molecule has 0 fully saturated rings. The highest BCUT2D eigenvalue weighted by atomic mass is 16.5. The molecule has 0 aliphatic carbocycles. The zero-order valence-corrected chi connectivity index (χ0v) is 8.31. The lowest BCUT2D eigenvalue weighted by molar-refractivity contribution is -0.139. The first-order valence-electron chi connectivity index (χ1n) is 4.47. The molecule has 0 saturated heterocycles. The molecule has 0 aromatic carbocycles. The lowest BCUT2D eigenvalue weighted by Crippen LogP contribution is -2.28. The van der Waals surface area contributed by atoms with E-state index in [2.05, 4.69) is 16.6 Å². The number of hydrogen-bond acceptors (Lipinski definition) is 4. The summed E-state index contributed by atoms with van der Waals surface area (Å²) in [5.41, 5.74) is 0. The number of hydrogen-bond donors (Lipinski definition) is 3. The van der Waals surface area contributed by atoms with Gasteiger partial charge in [-0.3, -0.25) is 4.79 Å². The van der Waals surface area contributed by atoms with Crippen LogP contribution in [0.2, 0.25) is 0 Å². The van der Waals surface area contributed by atoms with Crippen molar-refractivity contribution in [1.29, 1.82) is 0 Å². The summed E-state index contributed by atoms with van der Waals surface area (Å²) in [6.45, 7) is 3.65. The van der Waals surface area contributed by atoms with Gasteiger partial charge in [0, 0.05) is 6.54 Å². The van der Waals surface area contributed by atoms with Crippen LogP contribution in [0.25, 0.3) is 0 Å². The maximum absolute atomic E-state index is 10.8. The number of carbonyl (C=O) groups is 2. The molecule has 0 aromatic rings. The molecule has 6 nitrogen and oxygen atoms in total. The molecule has 0 aliphatic heterocycles. The Balaban J connectivity index is 3.47. The number of alkyl carbamates (subject to hydrolysis) is 1. The molecule has 86 valence electrons. The van der Waals surface area contributed by atoms with Crippen molar-refractivity contribution in [3.05, 3.63) is 12.7 Å². The van der Waals surface area contributed by atoms with Crippen molar-refractivity contribution in [1.82, 2.24) is 5.32 Å². The Morgan fingerprint density at radius 3 is 2.73 bits per heavy atom. The van der Waals surface area contributed by atoms with Crippen molar-refractivity contribution in [2.24, 2.45) is 0 Å². The van der Waals surface area contributed by atoms with E-state index >= 15 is 0 Å². The second kappa shape index (κ2) is 7.81. The molecular weight excluding hydrogens is 202 g/mol. The van der Waals surface area contributed by atoms with Gasteiger partial charge in [0.25, 0.3) is 0 Å². The first-order chi connectivity index (χ1) is 7.06. The van der Waals surface area contributed by atoms with Crippen LogP contribution in [0, 0.1) is 0 Å². The van der Waals surface area contributed by atoms with E-state index in [-0.39, 0.29) is 26.0 Å². The highest BCUT2D eigenvalue weighted by Crippen LogP contribution is 1.96. The molecule has 3 N–H and O–H groups in total. The van der Waals surface area contributed by atoms with E-state index in [1.165, 1.54) is 6.08 Å². The molecule has 0 aromatic heterocycles. The number of carbonyl (C=O) groups excluding carboxylic acids is 1. The number of ether oxygens (including phenoxy) is 1. The van der Waals surface area contributed by atoms with Crippen LogP contribution in [-0.4, -0.2) is 41.5 Å². The normalized spacial score (nSPS) is 11.5. The molecule has 0 spiro atoms. The zero-order valence-electron chi connectivity index (χ0n) is 8.31. The molecule has 0 bridgehead atoms.